The molecule has 0 aliphatic heterocycles. The number of benzene rings is 1. The molecule has 3 aromatic rings. The van der Waals surface area contributed by atoms with Gasteiger partial charge in [0, 0.05) is 12.7 Å². The van der Waals surface area contributed by atoms with Gasteiger partial charge in [-0.1, -0.05) is 31.0 Å². The van der Waals surface area contributed by atoms with Gasteiger partial charge in [-0.2, -0.15) is 5.10 Å². The first-order chi connectivity index (χ1) is 13.6. The highest BCUT2D eigenvalue weighted by Crippen LogP contribution is 2.34. The highest BCUT2D eigenvalue weighted by molar-refractivity contribution is 7.89. The number of sulfonamides is 1. The molecule has 0 bridgehead atoms. The van der Waals surface area contributed by atoms with Crippen molar-refractivity contribution in [1.29, 1.82) is 0 Å². The van der Waals surface area contributed by atoms with Gasteiger partial charge >= 0.3 is 0 Å². The molecule has 1 aromatic carbocycles. The van der Waals surface area contributed by atoms with Gasteiger partial charge in [0.05, 0.1) is 18.0 Å². The molecule has 28 heavy (non-hydrogen) atoms. The summed E-state index contributed by atoms with van der Waals surface area (Å²) in [6, 6.07) is 11.5. The number of ether oxygens (including phenoxy) is 1. The minimum absolute atomic E-state index is 0.192. The van der Waals surface area contributed by atoms with E-state index in [9.17, 15) is 8.42 Å². The molecule has 1 saturated carbocycles. The van der Waals surface area contributed by atoms with E-state index in [4.69, 9.17) is 4.74 Å². The summed E-state index contributed by atoms with van der Waals surface area (Å²) in [4.78, 5) is 1.10. The van der Waals surface area contributed by atoms with Crippen LogP contribution in [0, 0.1) is 0 Å². The Morgan fingerprint density at radius 2 is 2.07 bits per heavy atom. The van der Waals surface area contributed by atoms with Gasteiger partial charge in [0.1, 0.15) is 16.3 Å². The fourth-order valence-corrected chi connectivity index (χ4v) is 5.50. The summed E-state index contributed by atoms with van der Waals surface area (Å²) < 4.78 is 36.0. The third-order valence-electron chi connectivity index (χ3n) is 5.04. The van der Waals surface area contributed by atoms with E-state index in [-0.39, 0.29) is 17.5 Å². The Balaban J connectivity index is 1.63. The second-order valence-electron chi connectivity index (χ2n) is 6.91. The molecule has 0 amide bonds. The average Bonchev–Trinajstić information content (AvgIpc) is 3.46. The van der Waals surface area contributed by atoms with Gasteiger partial charge in [0.2, 0.25) is 10.0 Å². The molecule has 6 nitrogen and oxygen atoms in total. The van der Waals surface area contributed by atoms with Crippen molar-refractivity contribution in [3.63, 3.8) is 0 Å². The third kappa shape index (κ3) is 3.99. The molecular weight excluding hydrogens is 394 g/mol. The van der Waals surface area contributed by atoms with Crippen LogP contribution < -0.4 is 9.46 Å². The highest BCUT2D eigenvalue weighted by Gasteiger charge is 2.27. The average molecular weight is 418 g/mol. The molecule has 2 aromatic heterocycles. The Hall–Kier alpha value is -2.16. The van der Waals surface area contributed by atoms with Crippen molar-refractivity contribution in [1.82, 2.24) is 14.5 Å². The van der Waals surface area contributed by atoms with Crippen LogP contribution in [-0.2, 0) is 16.6 Å². The van der Waals surface area contributed by atoms with Gasteiger partial charge in [-0.15, -0.1) is 11.3 Å². The van der Waals surface area contributed by atoms with Crippen LogP contribution >= 0.6 is 11.3 Å². The lowest BCUT2D eigenvalue weighted by molar-refractivity contribution is 0.414. The molecular formula is C20H23N3O3S2. The molecule has 1 fully saturated rings. The van der Waals surface area contributed by atoms with Crippen LogP contribution in [0.5, 0.6) is 5.75 Å². The smallest absolute Gasteiger partial charge is 0.244 e. The van der Waals surface area contributed by atoms with Gasteiger partial charge in [-0.25, -0.2) is 13.1 Å². The summed E-state index contributed by atoms with van der Waals surface area (Å²) in [5.41, 5.74) is 1.36. The standard InChI is InChI=1S/C20H23N3O3S2/c1-26-17-9-4-6-15(12-17)13-21-28(24,25)19-14-23(16-7-2-3-8-16)22-20(19)18-10-5-11-27-18/h4-6,9-12,14,16,21H,2-3,7-8,13H2,1H3. The monoisotopic (exact) mass is 417 g/mol. The molecule has 0 atom stereocenters. The zero-order valence-corrected chi connectivity index (χ0v) is 17.3. The predicted octanol–water partition coefficient (Wildman–Crippen LogP) is 4.21. The molecule has 148 valence electrons. The number of nitrogens with zero attached hydrogens (tertiary/aromatic N) is 2. The molecule has 0 spiro atoms. The van der Waals surface area contributed by atoms with E-state index in [1.807, 2.05) is 46.5 Å². The molecule has 1 aliphatic carbocycles. The van der Waals surface area contributed by atoms with E-state index in [0.29, 0.717) is 11.4 Å². The Kier molecular flexibility index (Phi) is 5.52. The molecule has 0 unspecified atom stereocenters. The summed E-state index contributed by atoms with van der Waals surface area (Å²) >= 11 is 1.50. The second kappa shape index (κ2) is 8.06. The molecule has 8 heteroatoms. The Morgan fingerprint density at radius 3 is 2.79 bits per heavy atom. The van der Waals surface area contributed by atoms with Gasteiger partial charge in [-0.05, 0) is 42.0 Å². The van der Waals surface area contributed by atoms with E-state index >= 15 is 0 Å². The number of aromatic nitrogens is 2. The van der Waals surface area contributed by atoms with Gasteiger partial charge in [0.25, 0.3) is 0 Å². The largest absolute Gasteiger partial charge is 0.497 e. The fraction of sp³-hybridized carbons (Fsp3) is 0.350. The van der Waals surface area contributed by atoms with Crippen LogP contribution in [0.25, 0.3) is 10.6 Å². The number of hydrogen-bond donors (Lipinski definition) is 1. The van der Waals surface area contributed by atoms with Crippen LogP contribution in [0.1, 0.15) is 37.3 Å². The van der Waals surface area contributed by atoms with E-state index in [0.717, 1.165) is 36.1 Å². The normalized spacial score (nSPS) is 15.2. The van der Waals surface area contributed by atoms with E-state index in [1.54, 1.807) is 13.3 Å². The summed E-state index contributed by atoms with van der Waals surface area (Å²) in [6.45, 7) is 0.192. The van der Waals surface area contributed by atoms with E-state index in [1.165, 1.54) is 11.3 Å². The Morgan fingerprint density at radius 1 is 1.25 bits per heavy atom. The highest BCUT2D eigenvalue weighted by atomic mass is 32.2. The lowest BCUT2D eigenvalue weighted by atomic mass is 10.2. The number of hydrogen-bond acceptors (Lipinski definition) is 5. The molecule has 0 radical (unpaired) electrons. The number of thiophene rings is 1. The van der Waals surface area contributed by atoms with Crippen LogP contribution in [0.15, 0.2) is 52.9 Å². The van der Waals surface area contributed by atoms with Crippen LogP contribution in [0.3, 0.4) is 0 Å². The van der Waals surface area contributed by atoms with Gasteiger partial charge in [0.15, 0.2) is 0 Å². The lowest BCUT2D eigenvalue weighted by Gasteiger charge is -2.09. The minimum atomic E-state index is -3.71. The zero-order valence-electron chi connectivity index (χ0n) is 15.7. The zero-order chi connectivity index (χ0) is 19.6. The van der Waals surface area contributed by atoms with Crippen molar-refractivity contribution >= 4 is 21.4 Å². The molecule has 1 aliphatic rings. The number of nitrogens with one attached hydrogen (secondary N) is 1. The second-order valence-corrected chi connectivity index (χ2v) is 9.60. The molecule has 0 saturated heterocycles. The number of rotatable bonds is 7. The maximum absolute atomic E-state index is 13.1. The lowest BCUT2D eigenvalue weighted by Crippen LogP contribution is -2.23. The molecule has 2 heterocycles. The Bertz CT molecular complexity index is 1040. The van der Waals surface area contributed by atoms with Crippen molar-refractivity contribution in [2.45, 2.75) is 43.2 Å². The first kappa shape index (κ1) is 19.2. The predicted molar refractivity (Wildman–Crippen MR) is 110 cm³/mol. The summed E-state index contributed by atoms with van der Waals surface area (Å²) in [7, 11) is -2.12. The van der Waals surface area contributed by atoms with E-state index < -0.39 is 10.0 Å². The first-order valence-electron chi connectivity index (χ1n) is 9.32. The maximum atomic E-state index is 13.1. The quantitative estimate of drug-likeness (QED) is 0.625. The van der Waals surface area contributed by atoms with Crippen molar-refractivity contribution in [2.75, 3.05) is 7.11 Å². The van der Waals surface area contributed by atoms with Crippen LogP contribution in [0.2, 0.25) is 0 Å². The molecule has 4 rings (SSSR count). The molecule has 1 N–H and O–H groups in total. The first-order valence-corrected chi connectivity index (χ1v) is 11.7. The fourth-order valence-electron chi connectivity index (χ4n) is 3.55. The third-order valence-corrected chi connectivity index (χ3v) is 7.32. The summed E-state index contributed by atoms with van der Waals surface area (Å²) in [5.74, 6) is 0.699. The number of methoxy groups -OCH3 is 1. The van der Waals surface area contributed by atoms with Crippen molar-refractivity contribution in [2.24, 2.45) is 0 Å². The summed E-state index contributed by atoms with van der Waals surface area (Å²) in [6.07, 6.45) is 6.10. The summed E-state index contributed by atoms with van der Waals surface area (Å²) in [5, 5.41) is 6.61. The van der Waals surface area contributed by atoms with Crippen molar-refractivity contribution in [3.05, 3.63) is 53.5 Å². The van der Waals surface area contributed by atoms with Crippen LogP contribution in [-0.4, -0.2) is 25.3 Å². The van der Waals surface area contributed by atoms with Gasteiger partial charge < -0.3 is 4.74 Å². The van der Waals surface area contributed by atoms with Gasteiger partial charge in [-0.3, -0.25) is 4.68 Å². The topological polar surface area (TPSA) is 73.2 Å². The maximum Gasteiger partial charge on any atom is 0.244 e. The van der Waals surface area contributed by atoms with Crippen molar-refractivity contribution < 1.29 is 13.2 Å². The van der Waals surface area contributed by atoms with E-state index in [2.05, 4.69) is 9.82 Å². The Labute approximate surface area is 169 Å². The minimum Gasteiger partial charge on any atom is -0.497 e. The SMILES string of the molecule is COc1cccc(CNS(=O)(=O)c2cn(C3CCCC3)nc2-c2cccs2)c1. The van der Waals surface area contributed by atoms with Crippen LogP contribution in [0.4, 0.5) is 0 Å². The van der Waals surface area contributed by atoms with Crippen molar-refractivity contribution in [3.8, 4) is 16.3 Å².